The van der Waals surface area contributed by atoms with E-state index >= 15 is 0 Å². The Labute approximate surface area is 105 Å². The summed E-state index contributed by atoms with van der Waals surface area (Å²) >= 11 is 0. The number of rotatable bonds is 3. The van der Waals surface area contributed by atoms with Crippen molar-refractivity contribution in [3.8, 4) is 0 Å². The Morgan fingerprint density at radius 2 is 2.17 bits per heavy atom. The molecule has 0 saturated heterocycles. The zero-order valence-electron chi connectivity index (χ0n) is 10.7. The predicted molar refractivity (Wildman–Crippen MR) is 67.8 cm³/mol. The number of aromatic amines is 1. The van der Waals surface area contributed by atoms with Gasteiger partial charge in [-0.05, 0) is 37.6 Å². The van der Waals surface area contributed by atoms with Gasteiger partial charge < -0.3 is 9.72 Å². The van der Waals surface area contributed by atoms with Crippen molar-refractivity contribution in [2.45, 2.75) is 32.8 Å². The maximum absolute atomic E-state index is 13.2. The summed E-state index contributed by atoms with van der Waals surface area (Å²) in [5, 5.41) is 0.829. The molecular weight excluding hydrogens is 233 g/mol. The summed E-state index contributed by atoms with van der Waals surface area (Å²) in [6, 6.07) is 4.61. The number of carbonyl (C=O) groups excluding carboxylic acids is 1. The number of hydrogen-bond acceptors (Lipinski definition) is 2. The van der Waals surface area contributed by atoms with Crippen LogP contribution >= 0.6 is 0 Å². The molecule has 0 amide bonds. The molecule has 4 heteroatoms. The van der Waals surface area contributed by atoms with Gasteiger partial charge in [0.1, 0.15) is 11.4 Å². The summed E-state index contributed by atoms with van der Waals surface area (Å²) < 4.78 is 18.5. The summed E-state index contributed by atoms with van der Waals surface area (Å²) in [7, 11) is 0. The van der Waals surface area contributed by atoms with Crippen LogP contribution in [0.1, 0.15) is 26.3 Å². The summed E-state index contributed by atoms with van der Waals surface area (Å²) in [5.41, 5.74) is 1.22. The van der Waals surface area contributed by atoms with Crippen molar-refractivity contribution < 1.29 is 13.9 Å². The van der Waals surface area contributed by atoms with Crippen LogP contribution in [0, 0.1) is 5.82 Å². The number of H-pyrrole nitrogens is 1. The van der Waals surface area contributed by atoms with Crippen LogP contribution in [-0.4, -0.2) is 16.6 Å². The fraction of sp³-hybridized carbons (Fsp3) is 0.357. The maximum Gasteiger partial charge on any atom is 0.303 e. The average molecular weight is 249 g/mol. The second-order valence-electron chi connectivity index (χ2n) is 5.03. The first-order chi connectivity index (χ1) is 8.37. The maximum atomic E-state index is 13.2. The number of nitrogens with one attached hydrogen (secondary N) is 1. The molecule has 0 spiro atoms. The van der Waals surface area contributed by atoms with E-state index in [1.54, 1.807) is 6.07 Å². The largest absolute Gasteiger partial charge is 0.459 e. The molecule has 1 aromatic carbocycles. The lowest BCUT2D eigenvalue weighted by Gasteiger charge is -2.24. The summed E-state index contributed by atoms with van der Waals surface area (Å²) in [5.74, 6) is -0.584. The van der Waals surface area contributed by atoms with Gasteiger partial charge in [-0.3, -0.25) is 4.79 Å². The summed E-state index contributed by atoms with van der Waals surface area (Å²) in [6.45, 7) is 5.07. The first-order valence-electron chi connectivity index (χ1n) is 5.82. The highest BCUT2D eigenvalue weighted by molar-refractivity contribution is 5.83. The molecule has 1 aromatic heterocycles. The van der Waals surface area contributed by atoms with E-state index in [0.29, 0.717) is 6.42 Å². The molecule has 1 heterocycles. The van der Waals surface area contributed by atoms with Gasteiger partial charge in [-0.1, -0.05) is 0 Å². The van der Waals surface area contributed by atoms with Crippen LogP contribution in [0.15, 0.2) is 24.4 Å². The van der Waals surface area contributed by atoms with Crippen molar-refractivity contribution in [2.24, 2.45) is 0 Å². The lowest BCUT2D eigenvalue weighted by atomic mass is 9.98. The molecule has 0 atom stereocenters. The molecule has 2 rings (SSSR count). The number of fused-ring (bicyclic) bond motifs is 1. The van der Waals surface area contributed by atoms with Crippen molar-refractivity contribution in [2.75, 3.05) is 0 Å². The minimum atomic E-state index is -0.604. The lowest BCUT2D eigenvalue weighted by molar-refractivity contribution is -0.153. The number of aromatic nitrogens is 1. The van der Waals surface area contributed by atoms with Gasteiger partial charge in [-0.15, -0.1) is 0 Å². The van der Waals surface area contributed by atoms with Gasteiger partial charge in [-0.25, -0.2) is 4.39 Å². The van der Waals surface area contributed by atoms with E-state index in [2.05, 4.69) is 4.98 Å². The van der Waals surface area contributed by atoms with Crippen LogP contribution in [0.5, 0.6) is 0 Å². The second-order valence-corrected chi connectivity index (χ2v) is 5.03. The van der Waals surface area contributed by atoms with Crippen molar-refractivity contribution in [3.63, 3.8) is 0 Å². The van der Waals surface area contributed by atoms with Crippen LogP contribution in [-0.2, 0) is 16.0 Å². The summed E-state index contributed by atoms with van der Waals surface area (Å²) in [4.78, 5) is 14.1. The molecule has 2 aromatic rings. The standard InChI is InChI=1S/C14H16FNO2/c1-9(17)18-14(2,3)7-10-8-16-13-5-4-11(15)6-12(10)13/h4-6,8,16H,7H2,1-3H3. The van der Waals surface area contributed by atoms with E-state index < -0.39 is 5.60 Å². The molecule has 3 nitrogen and oxygen atoms in total. The SMILES string of the molecule is CC(=O)OC(C)(C)Cc1c[nH]c2ccc(F)cc12. The van der Waals surface area contributed by atoms with Crippen LogP contribution in [0.2, 0.25) is 0 Å². The monoisotopic (exact) mass is 249 g/mol. The Kier molecular flexibility index (Phi) is 3.11. The molecule has 0 aliphatic rings. The highest BCUT2D eigenvalue weighted by Crippen LogP contribution is 2.25. The highest BCUT2D eigenvalue weighted by atomic mass is 19.1. The van der Waals surface area contributed by atoms with Gasteiger partial charge in [0, 0.05) is 30.4 Å². The highest BCUT2D eigenvalue weighted by Gasteiger charge is 2.23. The Balaban J connectivity index is 2.31. The fourth-order valence-electron chi connectivity index (χ4n) is 2.18. The van der Waals surface area contributed by atoms with E-state index in [1.165, 1.54) is 19.1 Å². The first-order valence-corrected chi connectivity index (χ1v) is 5.82. The van der Waals surface area contributed by atoms with Crippen LogP contribution in [0.4, 0.5) is 4.39 Å². The quantitative estimate of drug-likeness (QED) is 0.849. The van der Waals surface area contributed by atoms with Crippen molar-refractivity contribution in [3.05, 3.63) is 35.8 Å². The predicted octanol–water partition coefficient (Wildman–Crippen LogP) is 3.19. The third-order valence-corrected chi connectivity index (χ3v) is 2.77. The van der Waals surface area contributed by atoms with Gasteiger partial charge in [0.25, 0.3) is 0 Å². The molecule has 18 heavy (non-hydrogen) atoms. The molecule has 0 saturated carbocycles. The van der Waals surface area contributed by atoms with Crippen molar-refractivity contribution >= 4 is 16.9 Å². The van der Waals surface area contributed by atoms with Gasteiger partial charge in [-0.2, -0.15) is 0 Å². The van der Waals surface area contributed by atoms with E-state index in [0.717, 1.165) is 16.5 Å². The Bertz CT molecular complexity index is 586. The van der Waals surface area contributed by atoms with E-state index in [9.17, 15) is 9.18 Å². The van der Waals surface area contributed by atoms with Gasteiger partial charge in [0.2, 0.25) is 0 Å². The molecule has 0 aliphatic heterocycles. The number of halogens is 1. The molecule has 1 N–H and O–H groups in total. The molecule has 0 aliphatic carbocycles. The van der Waals surface area contributed by atoms with Crippen LogP contribution in [0.25, 0.3) is 10.9 Å². The number of benzene rings is 1. The lowest BCUT2D eigenvalue weighted by Crippen LogP contribution is -2.29. The zero-order valence-corrected chi connectivity index (χ0v) is 10.7. The Hall–Kier alpha value is -1.84. The number of ether oxygens (including phenoxy) is 1. The normalized spacial score (nSPS) is 11.8. The van der Waals surface area contributed by atoms with Crippen molar-refractivity contribution in [1.82, 2.24) is 4.98 Å². The smallest absolute Gasteiger partial charge is 0.303 e. The van der Waals surface area contributed by atoms with Crippen molar-refractivity contribution in [1.29, 1.82) is 0 Å². The first kappa shape index (κ1) is 12.6. The molecule has 96 valence electrons. The Morgan fingerprint density at radius 1 is 1.44 bits per heavy atom. The number of carbonyl (C=O) groups is 1. The third kappa shape index (κ3) is 2.70. The molecule has 0 radical (unpaired) electrons. The van der Waals surface area contributed by atoms with Gasteiger partial charge in [0.05, 0.1) is 0 Å². The van der Waals surface area contributed by atoms with E-state index in [4.69, 9.17) is 4.74 Å². The molecule has 0 fully saturated rings. The average Bonchev–Trinajstić information content (AvgIpc) is 2.58. The summed E-state index contributed by atoms with van der Waals surface area (Å²) in [6.07, 6.45) is 2.37. The van der Waals surface area contributed by atoms with Crippen LogP contribution < -0.4 is 0 Å². The Morgan fingerprint density at radius 3 is 2.83 bits per heavy atom. The fourth-order valence-corrected chi connectivity index (χ4v) is 2.18. The van der Waals surface area contributed by atoms with Crippen LogP contribution in [0.3, 0.4) is 0 Å². The topological polar surface area (TPSA) is 42.1 Å². The zero-order chi connectivity index (χ0) is 13.3. The van der Waals surface area contributed by atoms with E-state index in [1.807, 2.05) is 20.0 Å². The minimum Gasteiger partial charge on any atom is -0.459 e. The molecular formula is C14H16FNO2. The minimum absolute atomic E-state index is 0.270. The van der Waals surface area contributed by atoms with Gasteiger partial charge in [0.15, 0.2) is 0 Å². The van der Waals surface area contributed by atoms with E-state index in [-0.39, 0.29) is 11.8 Å². The molecule has 0 bridgehead atoms. The van der Waals surface area contributed by atoms with Gasteiger partial charge >= 0.3 is 5.97 Å². The molecule has 0 unspecified atom stereocenters. The number of esters is 1. The second kappa shape index (κ2) is 4.44. The third-order valence-electron chi connectivity index (χ3n) is 2.77. The number of hydrogen-bond donors (Lipinski definition) is 1.